The van der Waals surface area contributed by atoms with E-state index in [2.05, 4.69) is 4.90 Å². The van der Waals surface area contributed by atoms with E-state index in [0.717, 1.165) is 30.2 Å². The fraction of sp³-hybridized carbons (Fsp3) is 0.600. The zero-order valence-electron chi connectivity index (χ0n) is 11.2. The summed E-state index contributed by atoms with van der Waals surface area (Å²) in [7, 11) is 0. The Morgan fingerprint density at radius 3 is 2.58 bits per heavy atom. The Kier molecular flexibility index (Phi) is 3.89. The maximum absolute atomic E-state index is 10.3. The third-order valence-electron chi connectivity index (χ3n) is 3.83. The van der Waals surface area contributed by atoms with Crippen LogP contribution in [0.5, 0.6) is 11.5 Å². The maximum atomic E-state index is 10.3. The van der Waals surface area contributed by atoms with E-state index < -0.39 is 6.10 Å². The van der Waals surface area contributed by atoms with Crippen molar-refractivity contribution in [2.45, 2.75) is 25.4 Å². The number of aliphatic hydroxyl groups is 1. The summed E-state index contributed by atoms with van der Waals surface area (Å²) >= 11 is 0. The Labute approximate surface area is 113 Å². The van der Waals surface area contributed by atoms with Crippen LogP contribution in [0.2, 0.25) is 0 Å². The molecular formula is C15H21NO3. The van der Waals surface area contributed by atoms with Crippen molar-refractivity contribution in [2.24, 2.45) is 0 Å². The molecule has 1 saturated heterocycles. The molecule has 1 fully saturated rings. The summed E-state index contributed by atoms with van der Waals surface area (Å²) in [6.07, 6.45) is 3.35. The van der Waals surface area contributed by atoms with Gasteiger partial charge in [0.15, 0.2) is 11.5 Å². The first-order valence-electron chi connectivity index (χ1n) is 7.13. The van der Waals surface area contributed by atoms with Crippen molar-refractivity contribution >= 4 is 0 Å². The SMILES string of the molecule is O[C@H](CN1CCCCC1)c1ccc2c(c1)OCCO2. The molecule has 0 saturated carbocycles. The Morgan fingerprint density at radius 2 is 1.79 bits per heavy atom. The molecule has 4 heteroatoms. The third-order valence-corrected chi connectivity index (χ3v) is 3.83. The highest BCUT2D eigenvalue weighted by molar-refractivity contribution is 5.44. The molecule has 0 amide bonds. The molecule has 0 aliphatic carbocycles. The van der Waals surface area contributed by atoms with Gasteiger partial charge in [-0.15, -0.1) is 0 Å². The molecule has 1 atom stereocenters. The fourth-order valence-corrected chi connectivity index (χ4v) is 2.76. The van der Waals surface area contributed by atoms with Crippen molar-refractivity contribution in [1.29, 1.82) is 0 Å². The average Bonchev–Trinajstić information content (AvgIpc) is 2.48. The number of nitrogens with zero attached hydrogens (tertiary/aromatic N) is 1. The van der Waals surface area contributed by atoms with Gasteiger partial charge in [0, 0.05) is 6.54 Å². The minimum atomic E-state index is -0.450. The van der Waals surface area contributed by atoms with Crippen molar-refractivity contribution < 1.29 is 14.6 Å². The monoisotopic (exact) mass is 263 g/mol. The molecule has 3 rings (SSSR count). The lowest BCUT2D eigenvalue weighted by atomic mass is 10.1. The molecule has 1 aromatic rings. The number of aliphatic hydroxyl groups excluding tert-OH is 1. The van der Waals surface area contributed by atoms with Crippen LogP contribution >= 0.6 is 0 Å². The summed E-state index contributed by atoms with van der Waals surface area (Å²) in [5.74, 6) is 1.53. The van der Waals surface area contributed by atoms with Crippen LogP contribution in [0.1, 0.15) is 30.9 Å². The Balaban J connectivity index is 1.67. The van der Waals surface area contributed by atoms with Crippen LogP contribution in [0.25, 0.3) is 0 Å². The highest BCUT2D eigenvalue weighted by Gasteiger charge is 2.18. The van der Waals surface area contributed by atoms with Crippen LogP contribution < -0.4 is 9.47 Å². The maximum Gasteiger partial charge on any atom is 0.161 e. The summed E-state index contributed by atoms with van der Waals surface area (Å²) in [5, 5.41) is 10.3. The van der Waals surface area contributed by atoms with Crippen LogP contribution in [0.15, 0.2) is 18.2 Å². The molecular weight excluding hydrogens is 242 g/mol. The summed E-state index contributed by atoms with van der Waals surface area (Å²) in [6, 6.07) is 5.73. The van der Waals surface area contributed by atoms with Gasteiger partial charge < -0.3 is 19.5 Å². The quantitative estimate of drug-likeness (QED) is 0.905. The second kappa shape index (κ2) is 5.80. The first-order valence-corrected chi connectivity index (χ1v) is 7.13. The lowest BCUT2D eigenvalue weighted by molar-refractivity contribution is 0.101. The van der Waals surface area contributed by atoms with Crippen LogP contribution in [-0.4, -0.2) is 42.9 Å². The first-order chi connectivity index (χ1) is 9.33. The van der Waals surface area contributed by atoms with E-state index in [1.165, 1.54) is 19.3 Å². The molecule has 2 heterocycles. The molecule has 1 aromatic carbocycles. The summed E-state index contributed by atoms with van der Waals surface area (Å²) in [5.41, 5.74) is 0.912. The molecule has 0 radical (unpaired) electrons. The van der Waals surface area contributed by atoms with Crippen molar-refractivity contribution in [2.75, 3.05) is 32.8 Å². The van der Waals surface area contributed by atoms with Crippen LogP contribution in [0.4, 0.5) is 0 Å². The Bertz CT molecular complexity index is 429. The van der Waals surface area contributed by atoms with Crippen molar-refractivity contribution in [3.63, 3.8) is 0 Å². The zero-order valence-corrected chi connectivity index (χ0v) is 11.2. The predicted molar refractivity (Wildman–Crippen MR) is 72.7 cm³/mol. The third kappa shape index (κ3) is 3.01. The summed E-state index contributed by atoms with van der Waals surface area (Å²) in [6.45, 7) is 4.09. The van der Waals surface area contributed by atoms with Crippen LogP contribution in [-0.2, 0) is 0 Å². The van der Waals surface area contributed by atoms with Crippen LogP contribution in [0, 0.1) is 0 Å². The number of piperidine rings is 1. The van der Waals surface area contributed by atoms with Gasteiger partial charge in [0.2, 0.25) is 0 Å². The lowest BCUT2D eigenvalue weighted by Crippen LogP contribution is -2.33. The zero-order chi connectivity index (χ0) is 13.1. The molecule has 2 aliphatic heterocycles. The smallest absolute Gasteiger partial charge is 0.161 e. The van der Waals surface area contributed by atoms with E-state index in [-0.39, 0.29) is 0 Å². The van der Waals surface area contributed by atoms with Gasteiger partial charge in [0.05, 0.1) is 6.10 Å². The number of rotatable bonds is 3. The summed E-state index contributed by atoms with van der Waals surface area (Å²) in [4.78, 5) is 2.34. The molecule has 1 N–H and O–H groups in total. The van der Waals surface area contributed by atoms with Crippen molar-refractivity contribution in [3.8, 4) is 11.5 Å². The number of likely N-dealkylation sites (tertiary alicyclic amines) is 1. The van der Waals surface area contributed by atoms with Gasteiger partial charge >= 0.3 is 0 Å². The van der Waals surface area contributed by atoms with Gasteiger partial charge in [-0.2, -0.15) is 0 Å². The average molecular weight is 263 g/mol. The van der Waals surface area contributed by atoms with Crippen LogP contribution in [0.3, 0.4) is 0 Å². The van der Waals surface area contributed by atoms with Gasteiger partial charge in [-0.3, -0.25) is 0 Å². The van der Waals surface area contributed by atoms with Crippen molar-refractivity contribution in [3.05, 3.63) is 23.8 Å². The number of hydrogen-bond acceptors (Lipinski definition) is 4. The molecule has 104 valence electrons. The second-order valence-electron chi connectivity index (χ2n) is 5.28. The largest absolute Gasteiger partial charge is 0.486 e. The number of benzene rings is 1. The van der Waals surface area contributed by atoms with E-state index in [1.807, 2.05) is 18.2 Å². The number of ether oxygens (including phenoxy) is 2. The number of fused-ring (bicyclic) bond motifs is 1. The molecule has 4 nitrogen and oxygen atoms in total. The summed E-state index contributed by atoms with van der Waals surface area (Å²) < 4.78 is 11.0. The van der Waals surface area contributed by atoms with E-state index in [1.54, 1.807) is 0 Å². The van der Waals surface area contributed by atoms with Crippen molar-refractivity contribution in [1.82, 2.24) is 4.90 Å². The second-order valence-corrected chi connectivity index (χ2v) is 5.28. The lowest BCUT2D eigenvalue weighted by Gasteiger charge is -2.29. The number of hydrogen-bond donors (Lipinski definition) is 1. The highest BCUT2D eigenvalue weighted by atomic mass is 16.6. The van der Waals surface area contributed by atoms with E-state index >= 15 is 0 Å². The van der Waals surface area contributed by atoms with Gasteiger partial charge in [-0.1, -0.05) is 12.5 Å². The van der Waals surface area contributed by atoms with Gasteiger partial charge in [0.1, 0.15) is 13.2 Å². The normalized spacial score (nSPS) is 21.1. The minimum absolute atomic E-state index is 0.450. The minimum Gasteiger partial charge on any atom is -0.486 e. The molecule has 0 spiro atoms. The Morgan fingerprint density at radius 1 is 1.05 bits per heavy atom. The van der Waals surface area contributed by atoms with E-state index in [9.17, 15) is 5.11 Å². The first kappa shape index (κ1) is 12.8. The van der Waals surface area contributed by atoms with Gasteiger partial charge in [-0.05, 0) is 43.6 Å². The highest BCUT2D eigenvalue weighted by Crippen LogP contribution is 2.32. The topological polar surface area (TPSA) is 41.9 Å². The van der Waals surface area contributed by atoms with Gasteiger partial charge in [-0.25, -0.2) is 0 Å². The molecule has 0 bridgehead atoms. The number of β-amino-alcohol motifs (C(OH)–C–C–N with tert-alkyl or cyclic N) is 1. The molecule has 2 aliphatic rings. The van der Waals surface area contributed by atoms with E-state index in [0.29, 0.717) is 19.8 Å². The van der Waals surface area contributed by atoms with E-state index in [4.69, 9.17) is 9.47 Å². The van der Waals surface area contributed by atoms with Gasteiger partial charge in [0.25, 0.3) is 0 Å². The predicted octanol–water partition coefficient (Wildman–Crippen LogP) is 1.98. The molecule has 0 aromatic heterocycles. The molecule has 0 unspecified atom stereocenters. The fourth-order valence-electron chi connectivity index (χ4n) is 2.76. The molecule has 19 heavy (non-hydrogen) atoms. The standard InChI is InChI=1S/C15H21NO3/c17-13(11-16-6-2-1-3-7-16)12-4-5-14-15(10-12)19-9-8-18-14/h4-5,10,13,17H,1-3,6-9,11H2/t13-/m1/s1. The Hall–Kier alpha value is -1.26.